The summed E-state index contributed by atoms with van der Waals surface area (Å²) in [5.41, 5.74) is 3.40. The van der Waals surface area contributed by atoms with E-state index in [2.05, 4.69) is 11.4 Å². The van der Waals surface area contributed by atoms with Crippen LogP contribution in [0.5, 0.6) is 0 Å². The molecule has 1 unspecified atom stereocenters. The van der Waals surface area contributed by atoms with Crippen molar-refractivity contribution in [3.05, 3.63) is 92.9 Å². The zero-order valence-electron chi connectivity index (χ0n) is 20.1. The Morgan fingerprint density at radius 3 is 2.68 bits per heavy atom. The van der Waals surface area contributed by atoms with Gasteiger partial charge in [0, 0.05) is 18.0 Å². The highest BCUT2D eigenvalue weighted by Gasteiger charge is 2.38. The first-order valence-corrected chi connectivity index (χ1v) is 13.0. The number of halogens is 1. The van der Waals surface area contributed by atoms with Crippen molar-refractivity contribution in [2.75, 3.05) is 13.1 Å². The van der Waals surface area contributed by atoms with Crippen molar-refractivity contribution < 1.29 is 24.2 Å². The number of nitrogens with one attached hydrogen (secondary N) is 1. The van der Waals surface area contributed by atoms with E-state index in [1.54, 1.807) is 18.2 Å². The molecule has 192 valence electrons. The predicted molar refractivity (Wildman–Crippen MR) is 137 cm³/mol. The summed E-state index contributed by atoms with van der Waals surface area (Å²) in [6.45, 7) is 0.610. The number of amides is 2. The predicted octanol–water partition coefficient (Wildman–Crippen LogP) is 3.09. The number of hydrogen-bond acceptors (Lipinski definition) is 6. The Kier molecular flexibility index (Phi) is 8.66. The van der Waals surface area contributed by atoms with E-state index in [4.69, 9.17) is 0 Å². The SMILES string of the molecule is N#Cc1ccccc1Cc1csc(CCNC(=O)[C@H](O)[C@@H](O)C(=O)N2CCCC2c2ccc(F)cc2)c1. The highest BCUT2D eigenvalue weighted by atomic mass is 32.1. The molecule has 1 saturated heterocycles. The zero-order chi connectivity index (χ0) is 26.4. The van der Waals surface area contributed by atoms with Gasteiger partial charge >= 0.3 is 0 Å². The Morgan fingerprint density at radius 1 is 1.16 bits per heavy atom. The molecule has 0 radical (unpaired) electrons. The van der Waals surface area contributed by atoms with Crippen molar-refractivity contribution in [1.82, 2.24) is 10.2 Å². The van der Waals surface area contributed by atoms with E-state index >= 15 is 0 Å². The average Bonchev–Trinajstić information content (AvgIpc) is 3.58. The van der Waals surface area contributed by atoms with E-state index in [0.29, 0.717) is 37.8 Å². The smallest absolute Gasteiger partial charge is 0.255 e. The molecule has 1 aliphatic rings. The second-order valence-electron chi connectivity index (χ2n) is 9.04. The van der Waals surface area contributed by atoms with Gasteiger partial charge in [0.25, 0.3) is 11.8 Å². The van der Waals surface area contributed by atoms with Crippen LogP contribution in [0.1, 0.15) is 46.0 Å². The summed E-state index contributed by atoms with van der Waals surface area (Å²) in [6.07, 6.45) is -1.29. The van der Waals surface area contributed by atoms with Crippen LogP contribution in [0.4, 0.5) is 4.39 Å². The molecular weight excluding hydrogens is 493 g/mol. The van der Waals surface area contributed by atoms with Gasteiger partial charge in [0.15, 0.2) is 12.2 Å². The lowest BCUT2D eigenvalue weighted by Gasteiger charge is -2.28. The maximum absolute atomic E-state index is 13.3. The topological polar surface area (TPSA) is 114 Å². The van der Waals surface area contributed by atoms with E-state index < -0.39 is 24.0 Å². The third-order valence-corrected chi connectivity index (χ3v) is 7.57. The Morgan fingerprint density at radius 2 is 1.92 bits per heavy atom. The molecule has 1 aromatic heterocycles. The maximum atomic E-state index is 13.3. The molecule has 7 nitrogen and oxygen atoms in total. The fourth-order valence-electron chi connectivity index (χ4n) is 4.58. The summed E-state index contributed by atoms with van der Waals surface area (Å²) >= 11 is 1.54. The number of benzene rings is 2. The molecule has 2 heterocycles. The lowest BCUT2D eigenvalue weighted by Crippen LogP contribution is -2.50. The second kappa shape index (κ2) is 12.1. The number of hydrogen-bond donors (Lipinski definition) is 3. The third-order valence-electron chi connectivity index (χ3n) is 6.52. The van der Waals surface area contributed by atoms with Gasteiger partial charge < -0.3 is 20.4 Å². The van der Waals surface area contributed by atoms with Crippen LogP contribution in [0, 0.1) is 17.1 Å². The summed E-state index contributed by atoms with van der Waals surface area (Å²) < 4.78 is 13.3. The second-order valence-corrected chi connectivity index (χ2v) is 10.0. The van der Waals surface area contributed by atoms with Crippen molar-refractivity contribution in [2.24, 2.45) is 0 Å². The highest BCUT2D eigenvalue weighted by molar-refractivity contribution is 7.10. The van der Waals surface area contributed by atoms with Crippen LogP contribution in [-0.4, -0.2) is 52.2 Å². The quantitative estimate of drug-likeness (QED) is 0.401. The number of likely N-dealkylation sites (tertiary alicyclic amines) is 1. The lowest BCUT2D eigenvalue weighted by molar-refractivity contribution is -0.153. The van der Waals surface area contributed by atoms with E-state index in [-0.39, 0.29) is 18.4 Å². The number of aliphatic hydroxyl groups is 2. The van der Waals surface area contributed by atoms with E-state index in [0.717, 1.165) is 21.6 Å². The molecule has 4 rings (SSSR count). The molecule has 3 atom stereocenters. The molecule has 1 aliphatic heterocycles. The maximum Gasteiger partial charge on any atom is 0.255 e. The van der Waals surface area contributed by atoms with Gasteiger partial charge in [0.1, 0.15) is 5.82 Å². The number of aliphatic hydroxyl groups excluding tert-OH is 2. The van der Waals surface area contributed by atoms with Gasteiger partial charge in [-0.15, -0.1) is 11.3 Å². The molecule has 9 heteroatoms. The molecule has 1 fully saturated rings. The molecule has 2 amide bonds. The number of nitrogens with zero attached hydrogens (tertiary/aromatic N) is 2. The molecule has 0 bridgehead atoms. The van der Waals surface area contributed by atoms with Crippen molar-refractivity contribution >= 4 is 23.2 Å². The van der Waals surface area contributed by atoms with Crippen LogP contribution in [0.2, 0.25) is 0 Å². The minimum absolute atomic E-state index is 0.230. The molecule has 3 N–H and O–H groups in total. The number of carbonyl (C=O) groups excluding carboxylic acids is 2. The van der Waals surface area contributed by atoms with Crippen LogP contribution in [0.15, 0.2) is 60.0 Å². The Bertz CT molecular complexity index is 1290. The van der Waals surface area contributed by atoms with Gasteiger partial charge in [0.2, 0.25) is 0 Å². The summed E-state index contributed by atoms with van der Waals surface area (Å²) in [5, 5.41) is 34.6. The van der Waals surface area contributed by atoms with Crippen LogP contribution in [0.3, 0.4) is 0 Å². The Balaban J connectivity index is 1.27. The first-order valence-electron chi connectivity index (χ1n) is 12.1. The largest absolute Gasteiger partial charge is 0.380 e. The first-order chi connectivity index (χ1) is 17.9. The van der Waals surface area contributed by atoms with E-state index in [9.17, 15) is 29.5 Å². The highest BCUT2D eigenvalue weighted by Crippen LogP contribution is 2.32. The normalized spacial score (nSPS) is 16.7. The fourth-order valence-corrected chi connectivity index (χ4v) is 5.47. The summed E-state index contributed by atoms with van der Waals surface area (Å²) in [5.74, 6) is -1.93. The van der Waals surface area contributed by atoms with Crippen molar-refractivity contribution in [3.63, 3.8) is 0 Å². The average molecular weight is 522 g/mol. The summed E-state index contributed by atoms with van der Waals surface area (Å²) in [7, 11) is 0. The molecular formula is C28H28FN3O4S. The van der Waals surface area contributed by atoms with Gasteiger partial charge in [-0.05, 0) is 72.0 Å². The number of nitriles is 1. The Hall–Kier alpha value is -3.58. The van der Waals surface area contributed by atoms with Gasteiger partial charge in [-0.1, -0.05) is 30.3 Å². The number of rotatable bonds is 9. The van der Waals surface area contributed by atoms with Gasteiger partial charge in [0.05, 0.1) is 17.7 Å². The molecule has 0 saturated carbocycles. The summed E-state index contributed by atoms with van der Waals surface area (Å²) in [4.78, 5) is 27.8. The molecule has 2 aromatic carbocycles. The van der Waals surface area contributed by atoms with Gasteiger partial charge in [-0.2, -0.15) is 5.26 Å². The van der Waals surface area contributed by atoms with Crippen LogP contribution in [-0.2, 0) is 22.4 Å². The van der Waals surface area contributed by atoms with Crippen molar-refractivity contribution in [3.8, 4) is 6.07 Å². The Labute approximate surface area is 218 Å². The van der Waals surface area contributed by atoms with E-state index in [1.807, 2.05) is 29.6 Å². The van der Waals surface area contributed by atoms with Crippen LogP contribution in [0.25, 0.3) is 0 Å². The third kappa shape index (κ3) is 6.41. The first kappa shape index (κ1) is 26.5. The molecule has 0 aliphatic carbocycles. The summed E-state index contributed by atoms with van der Waals surface area (Å²) in [6, 6.07) is 17.1. The number of thiophene rings is 1. The van der Waals surface area contributed by atoms with Crippen LogP contribution < -0.4 is 5.32 Å². The van der Waals surface area contributed by atoms with Crippen molar-refractivity contribution in [2.45, 2.75) is 43.9 Å². The fraction of sp³-hybridized carbons (Fsp3) is 0.321. The van der Waals surface area contributed by atoms with Gasteiger partial charge in [-0.3, -0.25) is 9.59 Å². The standard InChI is InChI=1S/C28H28FN3O4S/c29-22-9-7-19(8-10-22)24-6-3-13-32(24)28(36)26(34)25(33)27(35)31-12-11-23-15-18(17-37-23)14-20-4-1-2-5-21(20)16-30/h1-2,4-5,7-10,15,17,24-26,33-34H,3,6,11-14H2,(H,31,35)/t24?,25-,26-/m1/s1. The molecule has 37 heavy (non-hydrogen) atoms. The molecule has 3 aromatic rings. The van der Waals surface area contributed by atoms with Gasteiger partial charge in [-0.25, -0.2) is 4.39 Å². The van der Waals surface area contributed by atoms with Crippen LogP contribution >= 0.6 is 11.3 Å². The zero-order valence-corrected chi connectivity index (χ0v) is 21.0. The minimum Gasteiger partial charge on any atom is -0.380 e. The van der Waals surface area contributed by atoms with E-state index in [1.165, 1.54) is 28.4 Å². The number of carbonyl (C=O) groups is 2. The molecule has 0 spiro atoms. The monoisotopic (exact) mass is 521 g/mol. The van der Waals surface area contributed by atoms with Crippen molar-refractivity contribution in [1.29, 1.82) is 5.26 Å². The lowest BCUT2D eigenvalue weighted by atomic mass is 10.0. The minimum atomic E-state index is -1.90.